The van der Waals surface area contributed by atoms with Gasteiger partial charge in [-0.1, -0.05) is 43.3 Å². The van der Waals surface area contributed by atoms with Crippen molar-refractivity contribution >= 4 is 23.3 Å². The number of anilines is 2. The number of carbonyl (C=O) groups excluding carboxylic acids is 2. The Morgan fingerprint density at radius 1 is 0.923 bits per heavy atom. The van der Waals surface area contributed by atoms with Gasteiger partial charge in [0.25, 0.3) is 0 Å². The fourth-order valence-electron chi connectivity index (χ4n) is 5.36. The van der Waals surface area contributed by atoms with Gasteiger partial charge in [0.15, 0.2) is 0 Å². The highest BCUT2D eigenvalue weighted by atomic mass is 16.5. The van der Waals surface area contributed by atoms with Gasteiger partial charge < -0.3 is 19.5 Å². The van der Waals surface area contributed by atoms with Crippen molar-refractivity contribution in [2.75, 3.05) is 23.9 Å². The monoisotopic (exact) mass is 520 g/mol. The number of carbonyl (C=O) groups is 2. The lowest BCUT2D eigenvalue weighted by atomic mass is 9.97. The quantitative estimate of drug-likeness (QED) is 0.316. The molecule has 1 aliphatic carbocycles. The molecule has 6 rings (SSSR count). The van der Waals surface area contributed by atoms with E-state index in [9.17, 15) is 9.59 Å². The molecule has 4 aromatic rings. The van der Waals surface area contributed by atoms with Crippen LogP contribution in [0.4, 0.5) is 16.2 Å². The Bertz CT molecular complexity index is 1490. The Hall–Kier alpha value is -4.52. The highest BCUT2D eigenvalue weighted by molar-refractivity contribution is 6.01. The summed E-state index contributed by atoms with van der Waals surface area (Å²) in [5.74, 6) is 0.630. The first-order valence-corrected chi connectivity index (χ1v) is 13.5. The number of nitrogens with zero attached hydrogens (tertiary/aromatic N) is 3. The van der Waals surface area contributed by atoms with E-state index < -0.39 is 0 Å². The van der Waals surface area contributed by atoms with Crippen LogP contribution in [0.5, 0.6) is 5.75 Å². The summed E-state index contributed by atoms with van der Waals surface area (Å²) < 4.78 is 7.52. The molecule has 1 atom stereocenters. The van der Waals surface area contributed by atoms with Crippen molar-refractivity contribution in [1.82, 2.24) is 9.47 Å². The number of urea groups is 1. The molecule has 1 saturated carbocycles. The summed E-state index contributed by atoms with van der Waals surface area (Å²) in [7, 11) is 1.64. The third kappa shape index (κ3) is 4.76. The Morgan fingerprint density at radius 2 is 1.64 bits per heavy atom. The molecular formula is C32H32N4O3. The van der Waals surface area contributed by atoms with E-state index in [2.05, 4.69) is 22.9 Å². The molecule has 0 bridgehead atoms. The molecule has 7 nitrogen and oxygen atoms in total. The van der Waals surface area contributed by atoms with Crippen LogP contribution in [-0.2, 0) is 11.2 Å². The summed E-state index contributed by atoms with van der Waals surface area (Å²) in [5, 5.41) is 3.01. The van der Waals surface area contributed by atoms with Crippen molar-refractivity contribution in [2.45, 2.75) is 38.3 Å². The standard InChI is InChI=1S/C32H32N4O3/c1-3-22-10-14-24(15-11-22)33-32(38)35(25-16-17-25)21-30(37)36-28-8-5-4-7-27(28)34-20-6-9-29(34)31(36)23-12-18-26(39-2)19-13-23/h4-15,18-20,25,31H,3,16-17,21H2,1-2H3,(H,33,38). The number of amides is 3. The summed E-state index contributed by atoms with van der Waals surface area (Å²) in [6.07, 6.45) is 4.76. The molecule has 2 heterocycles. The number of fused-ring (bicyclic) bond motifs is 3. The van der Waals surface area contributed by atoms with Crippen molar-refractivity contribution < 1.29 is 14.3 Å². The van der Waals surface area contributed by atoms with Crippen LogP contribution >= 0.6 is 0 Å². The lowest BCUT2D eigenvalue weighted by Crippen LogP contribution is -2.48. The minimum Gasteiger partial charge on any atom is -0.497 e. The number of para-hydroxylation sites is 2. The predicted molar refractivity (Wildman–Crippen MR) is 153 cm³/mol. The van der Waals surface area contributed by atoms with Gasteiger partial charge in [0, 0.05) is 17.9 Å². The molecule has 3 amide bonds. The van der Waals surface area contributed by atoms with Gasteiger partial charge in [0.2, 0.25) is 5.91 Å². The molecular weight excluding hydrogens is 488 g/mol. The molecule has 3 aromatic carbocycles. The number of hydrogen-bond donors (Lipinski definition) is 1. The Morgan fingerprint density at radius 3 is 2.31 bits per heavy atom. The van der Waals surface area contributed by atoms with Gasteiger partial charge in [-0.25, -0.2) is 4.79 Å². The molecule has 2 aliphatic rings. The van der Waals surface area contributed by atoms with Crippen LogP contribution in [-0.4, -0.2) is 41.1 Å². The van der Waals surface area contributed by atoms with E-state index in [4.69, 9.17) is 4.74 Å². The minimum absolute atomic E-state index is 0.00869. The van der Waals surface area contributed by atoms with Gasteiger partial charge in [-0.15, -0.1) is 0 Å². The largest absolute Gasteiger partial charge is 0.497 e. The van der Waals surface area contributed by atoms with Crippen LogP contribution in [0, 0.1) is 0 Å². The third-order valence-electron chi connectivity index (χ3n) is 7.59. The van der Waals surface area contributed by atoms with Crippen LogP contribution in [0.3, 0.4) is 0 Å². The van der Waals surface area contributed by atoms with E-state index in [0.29, 0.717) is 0 Å². The summed E-state index contributed by atoms with van der Waals surface area (Å²) in [6.45, 7) is 2.09. The van der Waals surface area contributed by atoms with E-state index in [1.807, 2.05) is 90.0 Å². The number of nitrogens with one attached hydrogen (secondary N) is 1. The van der Waals surface area contributed by atoms with Crippen molar-refractivity contribution in [1.29, 1.82) is 0 Å². The molecule has 1 N–H and O–H groups in total. The number of benzene rings is 3. The van der Waals surface area contributed by atoms with Crippen molar-refractivity contribution in [3.63, 3.8) is 0 Å². The Labute approximate surface area is 228 Å². The van der Waals surface area contributed by atoms with Crippen LogP contribution in [0.2, 0.25) is 0 Å². The molecule has 0 radical (unpaired) electrons. The van der Waals surface area contributed by atoms with Gasteiger partial charge in [-0.2, -0.15) is 0 Å². The van der Waals surface area contributed by atoms with E-state index in [1.165, 1.54) is 5.56 Å². The van der Waals surface area contributed by atoms with Crippen LogP contribution in [0.25, 0.3) is 5.69 Å². The molecule has 0 spiro atoms. The summed E-state index contributed by atoms with van der Waals surface area (Å²) in [4.78, 5) is 31.2. The fourth-order valence-corrected chi connectivity index (χ4v) is 5.36. The van der Waals surface area contributed by atoms with Crippen LogP contribution < -0.4 is 15.0 Å². The number of aromatic nitrogens is 1. The highest BCUT2D eigenvalue weighted by Crippen LogP contribution is 2.43. The third-order valence-corrected chi connectivity index (χ3v) is 7.59. The molecule has 39 heavy (non-hydrogen) atoms. The van der Waals surface area contributed by atoms with Gasteiger partial charge in [-0.3, -0.25) is 9.69 Å². The number of methoxy groups -OCH3 is 1. The number of rotatable bonds is 7. The first kappa shape index (κ1) is 24.8. The lowest BCUT2D eigenvalue weighted by molar-refractivity contribution is -0.119. The Balaban J connectivity index is 1.33. The average molecular weight is 521 g/mol. The first-order valence-electron chi connectivity index (χ1n) is 13.5. The van der Waals surface area contributed by atoms with Crippen molar-refractivity contribution in [3.8, 4) is 11.4 Å². The van der Waals surface area contributed by atoms with Gasteiger partial charge in [0.05, 0.1) is 24.2 Å². The maximum absolute atomic E-state index is 14.3. The molecule has 7 heteroatoms. The summed E-state index contributed by atoms with van der Waals surface area (Å²) in [6, 6.07) is 27.1. The SMILES string of the molecule is CCc1ccc(NC(=O)N(CC(=O)N2c3ccccc3-n3cccc3C2c2ccc(OC)cc2)C2CC2)cc1. The second-order valence-corrected chi connectivity index (χ2v) is 10.1. The van der Waals surface area contributed by atoms with Gasteiger partial charge in [-0.05, 0) is 78.9 Å². The number of ether oxygens (including phenoxy) is 1. The highest BCUT2D eigenvalue weighted by Gasteiger charge is 2.40. The van der Waals surface area contributed by atoms with Crippen LogP contribution in [0.15, 0.2) is 91.1 Å². The van der Waals surface area contributed by atoms with Crippen molar-refractivity contribution in [2.24, 2.45) is 0 Å². The molecule has 0 saturated heterocycles. The lowest BCUT2D eigenvalue weighted by Gasteiger charge is -2.39. The normalized spacial score (nSPS) is 15.7. The van der Waals surface area contributed by atoms with E-state index >= 15 is 0 Å². The molecule has 1 aromatic heterocycles. The smallest absolute Gasteiger partial charge is 0.322 e. The van der Waals surface area contributed by atoms with E-state index in [-0.39, 0.29) is 30.6 Å². The van der Waals surface area contributed by atoms with Crippen LogP contribution in [0.1, 0.15) is 42.6 Å². The van der Waals surface area contributed by atoms with Crippen molar-refractivity contribution in [3.05, 3.63) is 108 Å². The first-order chi connectivity index (χ1) is 19.1. The maximum atomic E-state index is 14.3. The second-order valence-electron chi connectivity index (χ2n) is 10.1. The van der Waals surface area contributed by atoms with E-state index in [1.54, 1.807) is 12.0 Å². The fraction of sp³-hybridized carbons (Fsp3) is 0.250. The minimum atomic E-state index is -0.348. The second kappa shape index (κ2) is 10.3. The van der Waals surface area contributed by atoms with E-state index in [0.717, 1.165) is 53.3 Å². The zero-order chi connectivity index (χ0) is 26.9. The Kier molecular flexibility index (Phi) is 6.57. The maximum Gasteiger partial charge on any atom is 0.322 e. The predicted octanol–water partition coefficient (Wildman–Crippen LogP) is 6.18. The molecule has 1 fully saturated rings. The molecule has 198 valence electrons. The number of aryl methyl sites for hydroxylation is 1. The summed E-state index contributed by atoms with van der Waals surface area (Å²) >= 11 is 0. The topological polar surface area (TPSA) is 66.8 Å². The van der Waals surface area contributed by atoms with Gasteiger partial charge >= 0.3 is 6.03 Å². The average Bonchev–Trinajstić information content (AvgIpc) is 3.70. The van der Waals surface area contributed by atoms with Gasteiger partial charge in [0.1, 0.15) is 18.3 Å². The molecule has 1 unspecified atom stereocenters. The summed E-state index contributed by atoms with van der Waals surface area (Å²) in [5.41, 5.74) is 5.66. The zero-order valence-corrected chi connectivity index (χ0v) is 22.2. The zero-order valence-electron chi connectivity index (χ0n) is 22.2. The molecule has 1 aliphatic heterocycles. The number of hydrogen-bond acceptors (Lipinski definition) is 3.